The summed E-state index contributed by atoms with van der Waals surface area (Å²) >= 11 is 0. The van der Waals surface area contributed by atoms with Crippen molar-refractivity contribution in [3.05, 3.63) is 41.3 Å². The number of aryl methyl sites for hydroxylation is 2. The molecule has 0 saturated carbocycles. The summed E-state index contributed by atoms with van der Waals surface area (Å²) < 4.78 is 0. The number of H-pyrrole nitrogens is 1. The van der Waals surface area contributed by atoms with Crippen molar-refractivity contribution in [3.63, 3.8) is 0 Å². The van der Waals surface area contributed by atoms with Gasteiger partial charge >= 0.3 is 0 Å². The van der Waals surface area contributed by atoms with Gasteiger partial charge in [0.25, 0.3) is 0 Å². The van der Waals surface area contributed by atoms with Crippen molar-refractivity contribution in [3.8, 4) is 11.3 Å². The van der Waals surface area contributed by atoms with Gasteiger partial charge in [-0.05, 0) is 50.5 Å². The molecule has 0 aliphatic rings. The molecule has 0 unspecified atom stereocenters. The van der Waals surface area contributed by atoms with Crippen LogP contribution >= 0.6 is 0 Å². The van der Waals surface area contributed by atoms with E-state index in [1.165, 1.54) is 11.1 Å². The Morgan fingerprint density at radius 2 is 1.88 bits per heavy atom. The van der Waals surface area contributed by atoms with E-state index in [0.29, 0.717) is 5.82 Å². The number of nitrogens with one attached hydrogen (secondary N) is 1. The second-order valence-electron chi connectivity index (χ2n) is 5.00. The molecule has 90 valence electrons. The first-order valence-electron chi connectivity index (χ1n) is 5.73. The van der Waals surface area contributed by atoms with E-state index >= 15 is 0 Å². The van der Waals surface area contributed by atoms with Crippen LogP contribution in [0.4, 0.5) is 0 Å². The molecule has 17 heavy (non-hydrogen) atoms. The lowest BCUT2D eigenvalue weighted by atomic mass is 10.0. The van der Waals surface area contributed by atoms with Gasteiger partial charge in [0.2, 0.25) is 0 Å². The van der Waals surface area contributed by atoms with Gasteiger partial charge in [0.15, 0.2) is 0 Å². The van der Waals surface area contributed by atoms with E-state index in [2.05, 4.69) is 42.0 Å². The van der Waals surface area contributed by atoms with Crippen LogP contribution in [0.5, 0.6) is 0 Å². The number of nitrogens with zero attached hydrogens (tertiary/aromatic N) is 1. The number of benzene rings is 1. The van der Waals surface area contributed by atoms with E-state index in [1.807, 2.05) is 0 Å². The van der Waals surface area contributed by atoms with E-state index in [1.54, 1.807) is 20.0 Å². The molecule has 1 aromatic carbocycles. The Kier molecular flexibility index (Phi) is 2.79. The standard InChI is InChI=1S/C14H18N2O/c1-9-5-6-11(7-10(9)2)12-8-15-13(16-12)14(3,4)17/h5-8,17H,1-4H3,(H,15,16). The van der Waals surface area contributed by atoms with Crippen LogP contribution in [0, 0.1) is 13.8 Å². The SMILES string of the molecule is Cc1ccc(-c2cnc(C(C)(C)O)[nH]2)cc1C. The van der Waals surface area contributed by atoms with Crippen LogP contribution in [-0.4, -0.2) is 15.1 Å². The first-order chi connectivity index (χ1) is 7.88. The molecule has 0 amide bonds. The molecule has 2 N–H and O–H groups in total. The average Bonchev–Trinajstić information content (AvgIpc) is 2.70. The van der Waals surface area contributed by atoms with E-state index < -0.39 is 5.60 Å². The van der Waals surface area contributed by atoms with Gasteiger partial charge in [-0.3, -0.25) is 0 Å². The fourth-order valence-corrected chi connectivity index (χ4v) is 1.69. The molecule has 0 aliphatic heterocycles. The topological polar surface area (TPSA) is 48.9 Å². The van der Waals surface area contributed by atoms with Crippen LogP contribution in [0.25, 0.3) is 11.3 Å². The summed E-state index contributed by atoms with van der Waals surface area (Å²) in [5.41, 5.74) is 3.62. The van der Waals surface area contributed by atoms with E-state index in [4.69, 9.17) is 0 Å². The average molecular weight is 230 g/mol. The van der Waals surface area contributed by atoms with Gasteiger partial charge in [0, 0.05) is 0 Å². The van der Waals surface area contributed by atoms with Crippen molar-refractivity contribution < 1.29 is 5.11 Å². The largest absolute Gasteiger partial charge is 0.383 e. The molecule has 0 saturated heterocycles. The number of hydrogen-bond acceptors (Lipinski definition) is 2. The second kappa shape index (κ2) is 4.00. The summed E-state index contributed by atoms with van der Waals surface area (Å²) in [5.74, 6) is 0.589. The molecule has 1 heterocycles. The summed E-state index contributed by atoms with van der Waals surface area (Å²) in [5, 5.41) is 9.85. The summed E-state index contributed by atoms with van der Waals surface area (Å²) in [6.07, 6.45) is 1.76. The Bertz CT molecular complexity index is 535. The second-order valence-corrected chi connectivity index (χ2v) is 5.00. The molecular weight excluding hydrogens is 212 g/mol. The normalized spacial score (nSPS) is 11.8. The molecular formula is C14H18N2O. The lowest BCUT2D eigenvalue weighted by molar-refractivity contribution is 0.0697. The van der Waals surface area contributed by atoms with Gasteiger partial charge in [-0.15, -0.1) is 0 Å². The molecule has 2 aromatic rings. The Morgan fingerprint density at radius 1 is 1.18 bits per heavy atom. The zero-order valence-electron chi connectivity index (χ0n) is 10.7. The third-order valence-corrected chi connectivity index (χ3v) is 2.97. The van der Waals surface area contributed by atoms with Crippen LogP contribution < -0.4 is 0 Å². The molecule has 0 fully saturated rings. The Labute approximate surface area is 102 Å². The van der Waals surface area contributed by atoms with Gasteiger partial charge in [-0.2, -0.15) is 0 Å². The van der Waals surface area contributed by atoms with Gasteiger partial charge in [-0.1, -0.05) is 12.1 Å². The van der Waals surface area contributed by atoms with E-state index in [9.17, 15) is 5.11 Å². The fraction of sp³-hybridized carbons (Fsp3) is 0.357. The van der Waals surface area contributed by atoms with Crippen LogP contribution in [0.2, 0.25) is 0 Å². The summed E-state index contributed by atoms with van der Waals surface area (Å²) in [6.45, 7) is 7.62. The van der Waals surface area contributed by atoms with Crippen molar-refractivity contribution >= 4 is 0 Å². The highest BCUT2D eigenvalue weighted by atomic mass is 16.3. The minimum Gasteiger partial charge on any atom is -0.383 e. The predicted octanol–water partition coefficient (Wildman–Crippen LogP) is 2.92. The van der Waals surface area contributed by atoms with Crippen LogP contribution in [-0.2, 0) is 5.60 Å². The maximum atomic E-state index is 9.85. The quantitative estimate of drug-likeness (QED) is 0.833. The fourth-order valence-electron chi connectivity index (χ4n) is 1.69. The first kappa shape index (κ1) is 11.9. The van der Waals surface area contributed by atoms with Gasteiger partial charge < -0.3 is 10.1 Å². The van der Waals surface area contributed by atoms with Crippen molar-refractivity contribution in [2.75, 3.05) is 0 Å². The Hall–Kier alpha value is -1.61. The van der Waals surface area contributed by atoms with E-state index in [-0.39, 0.29) is 0 Å². The summed E-state index contributed by atoms with van der Waals surface area (Å²) in [7, 11) is 0. The molecule has 3 nitrogen and oxygen atoms in total. The number of aromatic amines is 1. The van der Waals surface area contributed by atoms with Gasteiger partial charge in [0.05, 0.1) is 11.9 Å². The third kappa shape index (κ3) is 2.39. The summed E-state index contributed by atoms with van der Waals surface area (Å²) in [4.78, 5) is 7.37. The minimum atomic E-state index is -0.933. The lowest BCUT2D eigenvalue weighted by Crippen LogP contribution is -2.17. The molecule has 3 heteroatoms. The molecule has 0 atom stereocenters. The van der Waals surface area contributed by atoms with Gasteiger partial charge in [0.1, 0.15) is 11.4 Å². The monoisotopic (exact) mass is 230 g/mol. The molecule has 2 rings (SSSR count). The maximum absolute atomic E-state index is 9.85. The van der Waals surface area contributed by atoms with Crippen molar-refractivity contribution in [2.24, 2.45) is 0 Å². The number of rotatable bonds is 2. The van der Waals surface area contributed by atoms with Crippen LogP contribution in [0.3, 0.4) is 0 Å². The minimum absolute atomic E-state index is 0.589. The Morgan fingerprint density at radius 3 is 2.41 bits per heavy atom. The molecule has 0 aliphatic carbocycles. The predicted molar refractivity (Wildman–Crippen MR) is 68.7 cm³/mol. The highest BCUT2D eigenvalue weighted by Crippen LogP contribution is 2.23. The number of aromatic nitrogens is 2. The Balaban J connectivity index is 2.40. The number of hydrogen-bond donors (Lipinski definition) is 2. The smallest absolute Gasteiger partial charge is 0.138 e. The van der Waals surface area contributed by atoms with Crippen molar-refractivity contribution in [1.82, 2.24) is 9.97 Å². The summed E-state index contributed by atoms with van der Waals surface area (Å²) in [6, 6.07) is 6.27. The number of imidazole rings is 1. The van der Waals surface area contributed by atoms with Crippen LogP contribution in [0.1, 0.15) is 30.8 Å². The van der Waals surface area contributed by atoms with E-state index in [0.717, 1.165) is 11.3 Å². The molecule has 1 aromatic heterocycles. The highest BCUT2D eigenvalue weighted by molar-refractivity contribution is 5.60. The molecule has 0 bridgehead atoms. The first-order valence-corrected chi connectivity index (χ1v) is 5.73. The van der Waals surface area contributed by atoms with Crippen molar-refractivity contribution in [2.45, 2.75) is 33.3 Å². The molecule has 0 spiro atoms. The van der Waals surface area contributed by atoms with Gasteiger partial charge in [-0.25, -0.2) is 4.98 Å². The zero-order chi connectivity index (χ0) is 12.6. The van der Waals surface area contributed by atoms with Crippen molar-refractivity contribution in [1.29, 1.82) is 0 Å². The highest BCUT2D eigenvalue weighted by Gasteiger charge is 2.19. The zero-order valence-corrected chi connectivity index (χ0v) is 10.7. The maximum Gasteiger partial charge on any atom is 0.138 e. The number of aliphatic hydroxyl groups is 1. The molecule has 0 radical (unpaired) electrons. The lowest BCUT2D eigenvalue weighted by Gasteiger charge is -2.13. The van der Waals surface area contributed by atoms with Crippen LogP contribution in [0.15, 0.2) is 24.4 Å². The third-order valence-electron chi connectivity index (χ3n) is 2.97.